The lowest BCUT2D eigenvalue weighted by Gasteiger charge is -2.21. The van der Waals surface area contributed by atoms with Crippen molar-refractivity contribution in [1.29, 1.82) is 0 Å². The molecule has 0 saturated heterocycles. The van der Waals surface area contributed by atoms with Crippen LogP contribution in [-0.4, -0.2) is 48.8 Å². The van der Waals surface area contributed by atoms with Gasteiger partial charge in [0.05, 0.1) is 6.61 Å². The zero-order valence-electron chi connectivity index (χ0n) is 17.5. The lowest BCUT2D eigenvalue weighted by Crippen LogP contribution is -2.51. The van der Waals surface area contributed by atoms with Gasteiger partial charge < -0.3 is 14.6 Å². The number of carbonyl (C=O) groups is 1. The van der Waals surface area contributed by atoms with Gasteiger partial charge in [-0.25, -0.2) is 10.4 Å². The molecule has 1 amide bonds. The zero-order chi connectivity index (χ0) is 21.9. The number of aliphatic hydroxyl groups excluding tert-OH is 1. The third-order valence-electron chi connectivity index (χ3n) is 4.92. The fourth-order valence-electron chi connectivity index (χ4n) is 3.21. The summed E-state index contributed by atoms with van der Waals surface area (Å²) in [5.74, 6) is 0.871. The lowest BCUT2D eigenvalue weighted by molar-refractivity contribution is -0.127. The predicted molar refractivity (Wildman–Crippen MR) is 120 cm³/mol. The van der Waals surface area contributed by atoms with E-state index in [9.17, 15) is 4.79 Å². The molecule has 1 heterocycles. The van der Waals surface area contributed by atoms with Gasteiger partial charge in [-0.15, -0.1) is 6.58 Å². The molecule has 0 aliphatic carbocycles. The van der Waals surface area contributed by atoms with E-state index in [4.69, 9.17) is 14.6 Å². The van der Waals surface area contributed by atoms with E-state index < -0.39 is 5.54 Å². The maximum atomic E-state index is 12.9. The zero-order valence-corrected chi connectivity index (χ0v) is 17.5. The third kappa shape index (κ3) is 6.16. The topological polar surface area (TPSA) is 92.2 Å². The van der Waals surface area contributed by atoms with E-state index in [1.807, 2.05) is 54.6 Å². The second-order valence-corrected chi connectivity index (χ2v) is 7.30. The van der Waals surface area contributed by atoms with Gasteiger partial charge in [0.25, 0.3) is 5.91 Å². The monoisotopic (exact) mass is 423 g/mol. The van der Waals surface area contributed by atoms with E-state index in [0.717, 1.165) is 12.0 Å². The Bertz CT molecular complexity index is 883. The minimum Gasteiger partial charge on any atom is -0.494 e. The van der Waals surface area contributed by atoms with Gasteiger partial charge in [0, 0.05) is 31.6 Å². The van der Waals surface area contributed by atoms with Gasteiger partial charge in [0.15, 0.2) is 5.54 Å². The van der Waals surface area contributed by atoms with Crippen LogP contribution >= 0.6 is 0 Å². The fourth-order valence-corrected chi connectivity index (χ4v) is 3.21. The van der Waals surface area contributed by atoms with Crippen molar-refractivity contribution in [2.75, 3.05) is 26.4 Å². The van der Waals surface area contributed by atoms with Gasteiger partial charge >= 0.3 is 0 Å². The maximum Gasteiger partial charge on any atom is 0.266 e. The van der Waals surface area contributed by atoms with Crippen LogP contribution < -0.4 is 15.6 Å². The predicted octanol–water partition coefficient (Wildman–Crippen LogP) is 2.40. The Hall–Kier alpha value is -3.16. The summed E-state index contributed by atoms with van der Waals surface area (Å²) in [5, 5.41) is 8.83. The van der Waals surface area contributed by atoms with Crippen LogP contribution in [0.5, 0.6) is 5.75 Å². The minimum absolute atomic E-state index is 0.0945. The molecule has 1 atom stereocenters. The van der Waals surface area contributed by atoms with Gasteiger partial charge in [-0.1, -0.05) is 36.4 Å². The van der Waals surface area contributed by atoms with Crippen molar-refractivity contribution in [2.24, 2.45) is 4.99 Å². The molecule has 164 valence electrons. The second-order valence-electron chi connectivity index (χ2n) is 7.30. The standard InChI is InChI=1S/C24H29N3O4/c1-2-14-24(23(29)27-25-15-13-19-7-4-3-5-8-19)18-31-22(26-24)20-9-11-21(12-10-20)30-17-6-16-28/h2-5,7-12,25,28H,1,6,13-18H2,(H,27,29)/t24-/m0/s1. The molecule has 2 aromatic rings. The van der Waals surface area contributed by atoms with Crippen molar-refractivity contribution in [2.45, 2.75) is 24.8 Å². The van der Waals surface area contributed by atoms with Crippen molar-refractivity contribution in [1.82, 2.24) is 10.9 Å². The van der Waals surface area contributed by atoms with Crippen molar-refractivity contribution in [3.63, 3.8) is 0 Å². The molecule has 2 aromatic carbocycles. The first kappa shape index (κ1) is 22.5. The highest BCUT2D eigenvalue weighted by Crippen LogP contribution is 2.27. The number of nitrogens with one attached hydrogen (secondary N) is 2. The van der Waals surface area contributed by atoms with Crippen LogP contribution in [0.4, 0.5) is 0 Å². The molecule has 7 heteroatoms. The molecule has 0 spiro atoms. The molecule has 1 aliphatic heterocycles. The highest BCUT2D eigenvalue weighted by Gasteiger charge is 2.43. The van der Waals surface area contributed by atoms with E-state index in [1.54, 1.807) is 6.08 Å². The van der Waals surface area contributed by atoms with Crippen LogP contribution in [0.3, 0.4) is 0 Å². The van der Waals surface area contributed by atoms with E-state index in [-0.39, 0.29) is 19.1 Å². The maximum absolute atomic E-state index is 12.9. The summed E-state index contributed by atoms with van der Waals surface area (Å²) in [6.07, 6.45) is 3.42. The average Bonchev–Trinajstić information content (AvgIpc) is 3.24. The van der Waals surface area contributed by atoms with Crippen molar-refractivity contribution >= 4 is 11.8 Å². The normalized spacial score (nSPS) is 17.5. The Morgan fingerprint density at radius 1 is 1.23 bits per heavy atom. The Morgan fingerprint density at radius 2 is 2.00 bits per heavy atom. The second kappa shape index (κ2) is 11.3. The average molecular weight is 424 g/mol. The van der Waals surface area contributed by atoms with E-state index in [0.29, 0.717) is 37.6 Å². The Kier molecular flexibility index (Phi) is 8.20. The van der Waals surface area contributed by atoms with Crippen LogP contribution in [0.25, 0.3) is 0 Å². The molecule has 31 heavy (non-hydrogen) atoms. The first-order valence-electron chi connectivity index (χ1n) is 10.4. The molecule has 0 fully saturated rings. The van der Waals surface area contributed by atoms with Crippen LogP contribution in [0.2, 0.25) is 0 Å². The van der Waals surface area contributed by atoms with Crippen LogP contribution in [0.1, 0.15) is 24.0 Å². The Balaban J connectivity index is 1.59. The largest absolute Gasteiger partial charge is 0.494 e. The number of hydrazine groups is 1. The summed E-state index contributed by atoms with van der Waals surface area (Å²) in [5.41, 5.74) is 6.67. The molecule has 1 aliphatic rings. The van der Waals surface area contributed by atoms with Gasteiger partial charge in [0.2, 0.25) is 5.90 Å². The van der Waals surface area contributed by atoms with Crippen molar-refractivity contribution < 1.29 is 19.4 Å². The lowest BCUT2D eigenvalue weighted by atomic mass is 9.97. The van der Waals surface area contributed by atoms with Crippen LogP contribution in [0.15, 0.2) is 72.2 Å². The van der Waals surface area contributed by atoms with Crippen molar-refractivity contribution in [3.8, 4) is 5.75 Å². The number of benzene rings is 2. The molecule has 0 bridgehead atoms. The molecular formula is C24H29N3O4. The number of rotatable bonds is 12. The molecule has 7 nitrogen and oxygen atoms in total. The highest BCUT2D eigenvalue weighted by atomic mass is 16.5. The molecule has 3 rings (SSSR count). The number of ether oxygens (including phenoxy) is 2. The van der Waals surface area contributed by atoms with E-state index in [2.05, 4.69) is 22.4 Å². The smallest absolute Gasteiger partial charge is 0.266 e. The van der Waals surface area contributed by atoms with Gasteiger partial charge in [-0.2, -0.15) is 0 Å². The molecule has 0 aromatic heterocycles. The number of hydrogen-bond donors (Lipinski definition) is 3. The SMILES string of the molecule is C=CC[C@@]1(C(=O)NNCCc2ccccc2)COC(c2ccc(OCCCO)cc2)=N1. The molecule has 3 N–H and O–H groups in total. The molecule has 0 radical (unpaired) electrons. The number of hydrogen-bond acceptors (Lipinski definition) is 6. The summed E-state index contributed by atoms with van der Waals surface area (Å²) >= 11 is 0. The van der Waals surface area contributed by atoms with Crippen LogP contribution in [-0.2, 0) is 16.0 Å². The molecular weight excluding hydrogens is 394 g/mol. The number of aliphatic imine (C=N–C) groups is 1. The quantitative estimate of drug-likeness (QED) is 0.277. The van der Waals surface area contributed by atoms with Gasteiger partial charge in [0.1, 0.15) is 12.4 Å². The van der Waals surface area contributed by atoms with Gasteiger partial charge in [-0.05, 0) is 36.2 Å². The Labute approximate surface area is 182 Å². The number of aliphatic hydroxyl groups is 1. The summed E-state index contributed by atoms with van der Waals surface area (Å²) < 4.78 is 11.3. The first-order chi connectivity index (χ1) is 15.2. The third-order valence-corrected chi connectivity index (χ3v) is 4.92. The fraction of sp³-hybridized carbons (Fsp3) is 0.333. The number of nitrogens with zero attached hydrogens (tertiary/aromatic N) is 1. The first-order valence-corrected chi connectivity index (χ1v) is 10.4. The van der Waals surface area contributed by atoms with Crippen LogP contribution in [0, 0.1) is 0 Å². The molecule has 0 unspecified atom stereocenters. The van der Waals surface area contributed by atoms with E-state index in [1.165, 1.54) is 5.56 Å². The van der Waals surface area contributed by atoms with Crippen molar-refractivity contribution in [3.05, 3.63) is 78.4 Å². The Morgan fingerprint density at radius 3 is 2.71 bits per heavy atom. The molecule has 0 saturated carbocycles. The number of amides is 1. The number of carbonyl (C=O) groups excluding carboxylic acids is 1. The van der Waals surface area contributed by atoms with E-state index >= 15 is 0 Å². The van der Waals surface area contributed by atoms with Gasteiger partial charge in [-0.3, -0.25) is 10.2 Å². The summed E-state index contributed by atoms with van der Waals surface area (Å²) in [4.78, 5) is 17.5. The summed E-state index contributed by atoms with van der Waals surface area (Å²) in [7, 11) is 0. The summed E-state index contributed by atoms with van der Waals surface area (Å²) in [6, 6.07) is 17.4. The minimum atomic E-state index is -1.05. The summed E-state index contributed by atoms with van der Waals surface area (Å²) in [6.45, 7) is 5.07. The highest BCUT2D eigenvalue weighted by molar-refractivity contribution is 6.00.